The van der Waals surface area contributed by atoms with Crippen molar-refractivity contribution in [2.75, 3.05) is 17.7 Å². The van der Waals surface area contributed by atoms with E-state index in [1.54, 1.807) is 13.8 Å². The van der Waals surface area contributed by atoms with Crippen LogP contribution in [0.3, 0.4) is 0 Å². The molecule has 0 fully saturated rings. The smallest absolute Gasteiger partial charge is 0.416 e. The molecule has 0 radical (unpaired) electrons. The average molecular weight is 427 g/mol. The monoisotopic (exact) mass is 427 g/mol. The lowest BCUT2D eigenvalue weighted by Gasteiger charge is -2.21. The van der Waals surface area contributed by atoms with E-state index in [0.717, 1.165) is 12.3 Å². The van der Waals surface area contributed by atoms with Crippen LogP contribution in [0.25, 0.3) is 0 Å². The summed E-state index contributed by atoms with van der Waals surface area (Å²) in [5.74, 6) is -0.429. The minimum absolute atomic E-state index is 0.00751. The maximum absolute atomic E-state index is 13.3. The van der Waals surface area contributed by atoms with Gasteiger partial charge in [-0.25, -0.2) is 8.42 Å². The van der Waals surface area contributed by atoms with Crippen molar-refractivity contribution in [1.82, 2.24) is 0 Å². The van der Waals surface area contributed by atoms with Crippen LogP contribution in [0.1, 0.15) is 35.3 Å². The Balaban J connectivity index is 2.09. The summed E-state index contributed by atoms with van der Waals surface area (Å²) >= 11 is 0. The Labute approximate surface area is 167 Å². The molecule has 1 amide bonds. The molecule has 1 aliphatic heterocycles. The van der Waals surface area contributed by atoms with Gasteiger partial charge < -0.3 is 9.64 Å². The minimum Gasteiger partial charge on any atom is -0.490 e. The first kappa shape index (κ1) is 21.2. The van der Waals surface area contributed by atoms with Gasteiger partial charge in [0, 0.05) is 18.5 Å². The van der Waals surface area contributed by atoms with Gasteiger partial charge in [-0.15, -0.1) is 0 Å². The normalized spacial score (nSPS) is 14.2. The second-order valence-electron chi connectivity index (χ2n) is 7.10. The molecule has 0 unspecified atom stereocenters. The molecule has 2 aromatic carbocycles. The maximum atomic E-state index is 13.3. The number of hydrogen-bond acceptors (Lipinski definition) is 4. The van der Waals surface area contributed by atoms with Crippen LogP contribution in [0.15, 0.2) is 41.3 Å². The molecule has 29 heavy (non-hydrogen) atoms. The second-order valence-corrected chi connectivity index (χ2v) is 9.12. The van der Waals surface area contributed by atoms with Gasteiger partial charge in [0.25, 0.3) is 5.91 Å². The molecule has 5 nitrogen and oxygen atoms in total. The number of anilines is 1. The van der Waals surface area contributed by atoms with E-state index in [9.17, 15) is 26.4 Å². The highest BCUT2D eigenvalue weighted by Crippen LogP contribution is 2.40. The van der Waals surface area contributed by atoms with Gasteiger partial charge in [-0.2, -0.15) is 13.2 Å². The first-order valence-corrected chi connectivity index (χ1v) is 10.8. The Bertz CT molecular complexity index is 1060. The Kier molecular flexibility index (Phi) is 5.38. The van der Waals surface area contributed by atoms with Crippen LogP contribution < -0.4 is 9.64 Å². The van der Waals surface area contributed by atoms with Gasteiger partial charge in [-0.3, -0.25) is 4.79 Å². The maximum Gasteiger partial charge on any atom is 0.416 e. The van der Waals surface area contributed by atoms with E-state index in [0.29, 0.717) is 0 Å². The lowest BCUT2D eigenvalue weighted by atomic mass is 10.0. The average Bonchev–Trinajstić information content (AvgIpc) is 3.03. The van der Waals surface area contributed by atoms with Crippen LogP contribution >= 0.6 is 0 Å². The zero-order chi connectivity index (χ0) is 21.6. The third-order valence-corrected chi connectivity index (χ3v) is 5.66. The summed E-state index contributed by atoms with van der Waals surface area (Å²) in [6, 6.07) is 7.65. The number of halogens is 3. The topological polar surface area (TPSA) is 63.7 Å². The summed E-state index contributed by atoms with van der Waals surface area (Å²) in [6.07, 6.45) is -3.73. The summed E-state index contributed by atoms with van der Waals surface area (Å²) < 4.78 is 69.4. The Hall–Kier alpha value is -2.55. The molecule has 1 aliphatic rings. The molecular weight excluding hydrogens is 407 g/mol. The van der Waals surface area contributed by atoms with E-state index in [2.05, 4.69) is 0 Å². The minimum atomic E-state index is -4.52. The number of hydrogen-bond donors (Lipinski definition) is 0. The van der Waals surface area contributed by atoms with Crippen molar-refractivity contribution in [3.63, 3.8) is 0 Å². The highest BCUT2D eigenvalue weighted by molar-refractivity contribution is 7.90. The fraction of sp³-hybridized carbons (Fsp3) is 0.350. The van der Waals surface area contributed by atoms with Gasteiger partial charge in [0.1, 0.15) is 5.75 Å². The zero-order valence-electron chi connectivity index (χ0n) is 16.1. The summed E-state index contributed by atoms with van der Waals surface area (Å²) in [7, 11) is -3.59. The highest BCUT2D eigenvalue weighted by atomic mass is 32.2. The molecule has 0 atom stereocenters. The van der Waals surface area contributed by atoms with E-state index in [1.807, 2.05) is 0 Å². The van der Waals surface area contributed by atoms with Crippen LogP contribution in [-0.4, -0.2) is 33.2 Å². The molecule has 0 saturated heterocycles. The van der Waals surface area contributed by atoms with Crippen LogP contribution in [0.4, 0.5) is 18.9 Å². The van der Waals surface area contributed by atoms with Crippen LogP contribution in [0, 0.1) is 0 Å². The lowest BCUT2D eigenvalue weighted by molar-refractivity contribution is -0.138. The van der Waals surface area contributed by atoms with E-state index in [4.69, 9.17) is 4.74 Å². The standard InChI is InChI=1S/C20H20F3NO4S/c1-12(2)28-18-8-7-13(29(3,26)27)11-15(18)19(25)24-10-9-14-16(20(21,22)23)5-4-6-17(14)24/h4-8,11-12H,9-10H2,1-3H3. The van der Waals surface area contributed by atoms with Gasteiger partial charge in [0.15, 0.2) is 9.84 Å². The van der Waals surface area contributed by atoms with Crippen LogP contribution in [0.2, 0.25) is 0 Å². The largest absolute Gasteiger partial charge is 0.490 e. The SMILES string of the molecule is CC(C)Oc1ccc(S(C)(=O)=O)cc1C(=O)N1CCc2c1cccc2C(F)(F)F. The molecule has 1 heterocycles. The van der Waals surface area contributed by atoms with Gasteiger partial charge in [0.05, 0.1) is 22.1 Å². The number of rotatable bonds is 4. The summed E-state index contributed by atoms with van der Waals surface area (Å²) in [5.41, 5.74) is -0.551. The molecule has 2 aromatic rings. The molecule has 0 spiro atoms. The first-order chi connectivity index (χ1) is 13.4. The number of carbonyl (C=O) groups excluding carboxylic acids is 1. The van der Waals surface area contributed by atoms with Gasteiger partial charge in [0.2, 0.25) is 0 Å². The number of ether oxygens (including phenoxy) is 1. The number of nitrogens with zero attached hydrogens (tertiary/aromatic N) is 1. The number of benzene rings is 2. The van der Waals surface area contributed by atoms with Crippen LogP contribution in [0.5, 0.6) is 5.75 Å². The third-order valence-electron chi connectivity index (χ3n) is 4.55. The first-order valence-electron chi connectivity index (χ1n) is 8.91. The highest BCUT2D eigenvalue weighted by Gasteiger charge is 2.38. The van der Waals surface area contributed by atoms with Crippen molar-refractivity contribution >= 4 is 21.4 Å². The van der Waals surface area contributed by atoms with Crippen LogP contribution in [-0.2, 0) is 22.4 Å². The fourth-order valence-corrected chi connectivity index (χ4v) is 3.97. The Morgan fingerprint density at radius 2 is 1.86 bits per heavy atom. The molecule has 156 valence electrons. The third kappa shape index (κ3) is 4.24. The van der Waals surface area contributed by atoms with E-state index >= 15 is 0 Å². The Morgan fingerprint density at radius 3 is 2.45 bits per heavy atom. The molecule has 9 heteroatoms. The zero-order valence-corrected chi connectivity index (χ0v) is 16.9. The van der Waals surface area contributed by atoms with Crippen molar-refractivity contribution in [2.45, 2.75) is 37.4 Å². The van der Waals surface area contributed by atoms with E-state index < -0.39 is 27.5 Å². The molecule has 0 bridgehead atoms. The number of amides is 1. The molecule has 0 aliphatic carbocycles. The lowest BCUT2D eigenvalue weighted by Crippen LogP contribution is -2.29. The Morgan fingerprint density at radius 1 is 1.17 bits per heavy atom. The fourth-order valence-electron chi connectivity index (χ4n) is 3.32. The second kappa shape index (κ2) is 7.37. The predicted octanol–water partition coefficient (Wildman–Crippen LogP) is 4.10. The van der Waals surface area contributed by atoms with Crippen molar-refractivity contribution in [3.8, 4) is 5.75 Å². The molecule has 3 rings (SSSR count). The quantitative estimate of drug-likeness (QED) is 0.737. The summed E-state index contributed by atoms with van der Waals surface area (Å²) in [5, 5.41) is 0. The predicted molar refractivity (Wildman–Crippen MR) is 102 cm³/mol. The number of alkyl halides is 3. The number of carbonyl (C=O) groups is 1. The molecule has 0 aromatic heterocycles. The van der Waals surface area contributed by atoms with Crippen molar-refractivity contribution < 1.29 is 31.1 Å². The van der Waals surface area contributed by atoms with Crippen molar-refractivity contribution in [2.24, 2.45) is 0 Å². The molecular formula is C20H20F3NO4S. The van der Waals surface area contributed by atoms with E-state index in [1.165, 1.54) is 35.2 Å². The van der Waals surface area contributed by atoms with Crippen molar-refractivity contribution in [1.29, 1.82) is 0 Å². The number of sulfone groups is 1. The van der Waals surface area contributed by atoms with Crippen molar-refractivity contribution in [3.05, 3.63) is 53.1 Å². The summed E-state index contributed by atoms with van der Waals surface area (Å²) in [4.78, 5) is 14.4. The summed E-state index contributed by atoms with van der Waals surface area (Å²) in [6.45, 7) is 3.56. The number of fused-ring (bicyclic) bond motifs is 1. The molecule has 0 N–H and O–H groups in total. The van der Waals surface area contributed by atoms with Gasteiger partial charge in [-0.05, 0) is 56.2 Å². The van der Waals surface area contributed by atoms with Gasteiger partial charge >= 0.3 is 6.18 Å². The van der Waals surface area contributed by atoms with E-state index in [-0.39, 0.29) is 46.5 Å². The molecule has 0 saturated carbocycles. The van der Waals surface area contributed by atoms with Gasteiger partial charge in [-0.1, -0.05) is 6.07 Å².